The zero-order valence-corrected chi connectivity index (χ0v) is 33.7. The summed E-state index contributed by atoms with van der Waals surface area (Å²) in [4.78, 5) is 66.1. The van der Waals surface area contributed by atoms with Crippen molar-refractivity contribution < 1.29 is 33.8 Å². The van der Waals surface area contributed by atoms with Gasteiger partial charge in [0, 0.05) is 66.7 Å². The van der Waals surface area contributed by atoms with E-state index in [1.54, 1.807) is 30.3 Å². The van der Waals surface area contributed by atoms with Gasteiger partial charge in [0.05, 0.1) is 0 Å². The fraction of sp³-hybridized carbons (Fsp3) is 0.442. The van der Waals surface area contributed by atoms with Crippen LogP contribution < -0.4 is 21.3 Å². The first-order valence-electron chi connectivity index (χ1n) is 20.1. The number of nitrogens with zero attached hydrogens (tertiary/aromatic N) is 4. The van der Waals surface area contributed by atoms with E-state index in [0.717, 1.165) is 35.1 Å². The number of alkyl carbamates (subject to hydrolysis) is 1. The molecule has 5 amide bonds. The maximum atomic E-state index is 14.0. The summed E-state index contributed by atoms with van der Waals surface area (Å²) >= 11 is 0. The molecule has 2 unspecified atom stereocenters. The molecule has 2 heterocycles. The number of carbonyl (C=O) groups is 5. The molecule has 0 radical (unpaired) electrons. The Morgan fingerprint density at radius 1 is 0.932 bits per heavy atom. The number of aromatic nitrogens is 4. The summed E-state index contributed by atoms with van der Waals surface area (Å²) in [6.45, 7) is 8.75. The first kappa shape index (κ1) is 40.9. The normalized spacial score (nSPS) is 21.4. The minimum absolute atomic E-state index is 0.0379. The average Bonchev–Trinajstić information content (AvgIpc) is 3.57. The van der Waals surface area contributed by atoms with E-state index in [1.165, 1.54) is 4.90 Å². The minimum atomic E-state index is -0.931. The molecule has 59 heavy (non-hydrogen) atoms. The van der Waals surface area contributed by atoms with Gasteiger partial charge in [-0.25, -0.2) is 9.59 Å². The molecule has 1 saturated heterocycles. The molecule has 16 heteroatoms. The molecular formula is C43H51N9O7. The first-order valence-corrected chi connectivity index (χ1v) is 20.1. The van der Waals surface area contributed by atoms with Crippen molar-refractivity contribution in [2.75, 3.05) is 25.0 Å². The van der Waals surface area contributed by atoms with Gasteiger partial charge in [-0.05, 0) is 123 Å². The van der Waals surface area contributed by atoms with Crippen LogP contribution >= 0.6 is 0 Å². The van der Waals surface area contributed by atoms with Gasteiger partial charge in [0.25, 0.3) is 5.91 Å². The number of piperidine rings is 1. The lowest BCUT2D eigenvalue weighted by atomic mass is 9.81. The highest BCUT2D eigenvalue weighted by Gasteiger charge is 2.57. The van der Waals surface area contributed by atoms with Crippen LogP contribution in [0.1, 0.15) is 67.9 Å². The molecule has 1 aliphatic heterocycles. The highest BCUT2D eigenvalue weighted by molar-refractivity contribution is 5.98. The minimum Gasteiger partial charge on any atom is -0.465 e. The Morgan fingerprint density at radius 2 is 1.66 bits per heavy atom. The second-order valence-electron chi connectivity index (χ2n) is 16.9. The number of benzene rings is 3. The topological polar surface area (TPSA) is 221 Å². The number of amides is 5. The quantitative estimate of drug-likeness (QED) is 0.110. The van der Waals surface area contributed by atoms with Crippen LogP contribution in [0.4, 0.5) is 15.3 Å². The van der Waals surface area contributed by atoms with Gasteiger partial charge in [0.2, 0.25) is 17.6 Å². The van der Waals surface area contributed by atoms with Crippen molar-refractivity contribution in [1.29, 1.82) is 0 Å². The summed E-state index contributed by atoms with van der Waals surface area (Å²) in [6, 6.07) is 19.4. The summed E-state index contributed by atoms with van der Waals surface area (Å²) in [5, 5.41) is 35.3. The number of aromatic amines is 1. The first-order chi connectivity index (χ1) is 28.2. The fourth-order valence-electron chi connectivity index (χ4n) is 8.19. The Morgan fingerprint density at radius 3 is 2.32 bits per heavy atom. The highest BCUT2D eigenvalue weighted by Crippen LogP contribution is 2.45. The Kier molecular flexibility index (Phi) is 12.0. The molecule has 4 aromatic rings. The van der Waals surface area contributed by atoms with E-state index in [9.17, 15) is 29.1 Å². The van der Waals surface area contributed by atoms with Crippen molar-refractivity contribution in [3.05, 3.63) is 83.4 Å². The number of rotatable bonds is 12. The number of aryl methyl sites for hydroxylation is 1. The third kappa shape index (κ3) is 10.2. The summed E-state index contributed by atoms with van der Waals surface area (Å²) in [5.41, 5.74) is 4.66. The van der Waals surface area contributed by atoms with Gasteiger partial charge in [-0.1, -0.05) is 30.3 Å². The van der Waals surface area contributed by atoms with E-state index in [2.05, 4.69) is 41.9 Å². The molecule has 16 nitrogen and oxygen atoms in total. The number of likely N-dealkylation sites (tertiary alicyclic amines) is 1. The van der Waals surface area contributed by atoms with E-state index < -0.39 is 23.8 Å². The molecule has 0 bridgehead atoms. The number of nitrogens with one attached hydrogen (secondary N) is 5. The number of tetrazole rings is 1. The second-order valence-corrected chi connectivity index (χ2v) is 16.9. The van der Waals surface area contributed by atoms with Gasteiger partial charge in [-0.3, -0.25) is 14.4 Å². The van der Waals surface area contributed by atoms with Gasteiger partial charge in [0.15, 0.2) is 0 Å². The number of carbonyl (C=O) groups excluding carboxylic acids is 4. The summed E-state index contributed by atoms with van der Waals surface area (Å²) in [7, 11) is 0. The molecule has 2 saturated carbocycles. The number of hydrogen-bond acceptors (Lipinski definition) is 9. The maximum Gasteiger partial charge on any atom is 0.407 e. The van der Waals surface area contributed by atoms with Gasteiger partial charge in [0.1, 0.15) is 11.6 Å². The highest BCUT2D eigenvalue weighted by atomic mass is 16.6. The summed E-state index contributed by atoms with van der Waals surface area (Å²) < 4.78 is 5.36. The van der Waals surface area contributed by atoms with Crippen molar-refractivity contribution in [2.45, 2.75) is 77.5 Å². The van der Waals surface area contributed by atoms with E-state index in [1.807, 2.05) is 64.1 Å². The third-order valence-corrected chi connectivity index (χ3v) is 11.5. The maximum absolute atomic E-state index is 14.0. The predicted octanol–water partition coefficient (Wildman–Crippen LogP) is 5.18. The van der Waals surface area contributed by atoms with Gasteiger partial charge in [-0.15, -0.1) is 10.2 Å². The molecule has 1 aromatic heterocycles. The molecular weight excluding hydrogens is 755 g/mol. The molecule has 310 valence electrons. The number of ether oxygens (including phenoxy) is 1. The second kappa shape index (κ2) is 17.3. The van der Waals surface area contributed by atoms with Crippen LogP contribution in [0.15, 0.2) is 66.7 Å². The monoisotopic (exact) mass is 805 g/mol. The number of anilines is 1. The third-order valence-electron chi connectivity index (χ3n) is 11.5. The number of fused-ring (bicyclic) bond motifs is 1. The number of hydrogen-bond donors (Lipinski definition) is 6. The Labute approximate surface area is 342 Å². The zero-order chi connectivity index (χ0) is 41.8. The smallest absolute Gasteiger partial charge is 0.407 e. The van der Waals surface area contributed by atoms with Crippen LogP contribution in [0.25, 0.3) is 22.5 Å². The predicted molar refractivity (Wildman–Crippen MR) is 218 cm³/mol. The molecule has 3 aromatic carbocycles. The standard InChI is InChI=1S/C43H51N9O7/c1-24-8-11-30(39(54)47-36-33-22-52(42(57)58)23-34(33)36)20-32(24)29-7-5-6-26(18-29)19-35(40(55)45-31-16-14-27(15-17-31)37-48-50-51-49-37)46-38(53)28-12-9-25(10-13-28)21-44-41(56)59-43(2,3)4/h5-8,11,14-18,20,25,28,33-36H,9-10,12-13,19,21-23H2,1-4H3,(H,44,56)(H,45,55)(H,46,53)(H,47,54)(H,57,58)(H,48,49,50,51)/t25?,28?,33?,34?,35-,36?/m0/s1. The number of carboxylic acid groups (broad SMARTS) is 1. The van der Waals surface area contributed by atoms with E-state index >= 15 is 0 Å². The van der Waals surface area contributed by atoms with Crippen LogP contribution in [0.2, 0.25) is 0 Å². The van der Waals surface area contributed by atoms with Crippen molar-refractivity contribution in [3.63, 3.8) is 0 Å². The Balaban J connectivity index is 1.03. The lowest BCUT2D eigenvalue weighted by Crippen LogP contribution is -2.48. The van der Waals surface area contributed by atoms with Gasteiger partial charge in [-0.2, -0.15) is 5.21 Å². The van der Waals surface area contributed by atoms with Crippen molar-refractivity contribution in [1.82, 2.24) is 41.5 Å². The average molecular weight is 806 g/mol. The zero-order valence-electron chi connectivity index (χ0n) is 33.7. The van der Waals surface area contributed by atoms with Crippen molar-refractivity contribution in [2.24, 2.45) is 23.7 Å². The SMILES string of the molecule is Cc1ccc(C(=O)NC2C3CN(C(=O)O)CC32)cc1-c1cccc(C[C@H](NC(=O)C2CCC(CNC(=O)OC(C)(C)C)CC2)C(=O)Nc2ccc(-c3nn[nH]n3)cc2)c1. The van der Waals surface area contributed by atoms with E-state index in [-0.39, 0.29) is 53.9 Å². The lowest BCUT2D eigenvalue weighted by Gasteiger charge is -2.29. The van der Waals surface area contributed by atoms with Crippen molar-refractivity contribution in [3.8, 4) is 22.5 Å². The number of H-pyrrole nitrogens is 1. The Bertz CT molecular complexity index is 2170. The van der Waals surface area contributed by atoms with Crippen LogP contribution in [0, 0.1) is 30.6 Å². The van der Waals surface area contributed by atoms with E-state index in [4.69, 9.17) is 4.74 Å². The summed E-state index contributed by atoms with van der Waals surface area (Å²) in [5.74, 6) is -0.148. The van der Waals surface area contributed by atoms with Gasteiger partial charge >= 0.3 is 12.2 Å². The van der Waals surface area contributed by atoms with Crippen molar-refractivity contribution >= 4 is 35.6 Å². The van der Waals surface area contributed by atoms with Crippen LogP contribution in [0.3, 0.4) is 0 Å². The molecule has 3 fully saturated rings. The van der Waals surface area contributed by atoms with Crippen LogP contribution in [0.5, 0.6) is 0 Å². The van der Waals surface area contributed by atoms with Gasteiger partial charge < -0.3 is 36.0 Å². The lowest BCUT2D eigenvalue weighted by molar-refractivity contribution is -0.130. The molecule has 6 N–H and O–H groups in total. The van der Waals surface area contributed by atoms with E-state index in [0.29, 0.717) is 55.1 Å². The molecule has 3 atom stereocenters. The summed E-state index contributed by atoms with van der Waals surface area (Å²) in [6.07, 6.45) is 1.57. The molecule has 7 rings (SSSR count). The van der Waals surface area contributed by atoms with Crippen LogP contribution in [-0.4, -0.2) is 97.9 Å². The largest absolute Gasteiger partial charge is 0.465 e. The fourth-order valence-corrected chi connectivity index (χ4v) is 8.19. The Hall–Kier alpha value is -6.32. The van der Waals surface area contributed by atoms with Crippen LogP contribution in [-0.2, 0) is 20.7 Å². The molecule has 0 spiro atoms. The molecule has 3 aliphatic rings. The molecule has 2 aliphatic carbocycles.